The van der Waals surface area contributed by atoms with Crippen LogP contribution in [0.2, 0.25) is 5.02 Å². The maximum atomic E-state index is 11.6. The lowest BCUT2D eigenvalue weighted by Crippen LogP contribution is -2.36. The van der Waals surface area contributed by atoms with Gasteiger partial charge in [-0.15, -0.1) is 11.3 Å². The van der Waals surface area contributed by atoms with E-state index in [1.807, 2.05) is 11.4 Å². The fraction of sp³-hybridized carbons (Fsp3) is 0.692. The number of thiophene rings is 1. The number of rotatable bonds is 6. The Morgan fingerprint density at radius 2 is 2.32 bits per heavy atom. The number of halogens is 1. The molecule has 1 aromatic heterocycles. The van der Waals surface area contributed by atoms with E-state index in [-0.39, 0.29) is 6.04 Å². The summed E-state index contributed by atoms with van der Waals surface area (Å²) in [5.41, 5.74) is 0. The molecule has 0 radical (unpaired) electrons. The molecule has 3 nitrogen and oxygen atoms in total. The van der Waals surface area contributed by atoms with E-state index in [0.29, 0.717) is 11.5 Å². The lowest BCUT2D eigenvalue weighted by molar-refractivity contribution is 0.202. The molecular weight excluding hydrogens is 302 g/mol. The molecule has 0 amide bonds. The van der Waals surface area contributed by atoms with Crippen molar-refractivity contribution in [3.63, 3.8) is 0 Å². The van der Waals surface area contributed by atoms with Crippen molar-refractivity contribution in [1.82, 2.24) is 4.90 Å². The normalized spacial score (nSPS) is 22.2. The van der Waals surface area contributed by atoms with Crippen LogP contribution in [-0.4, -0.2) is 37.4 Å². The molecule has 1 atom stereocenters. The Morgan fingerprint density at radius 3 is 2.84 bits per heavy atom. The zero-order chi connectivity index (χ0) is 13.9. The van der Waals surface area contributed by atoms with Gasteiger partial charge in [0.25, 0.3) is 0 Å². The summed E-state index contributed by atoms with van der Waals surface area (Å²) >= 11 is 7.60. The highest BCUT2D eigenvalue weighted by Crippen LogP contribution is 2.25. The van der Waals surface area contributed by atoms with E-state index in [4.69, 9.17) is 11.6 Å². The van der Waals surface area contributed by atoms with Crippen molar-refractivity contribution in [3.8, 4) is 0 Å². The highest BCUT2D eigenvalue weighted by molar-refractivity contribution is 7.91. The molecule has 6 heteroatoms. The van der Waals surface area contributed by atoms with Crippen LogP contribution < -0.4 is 0 Å². The number of hydrogen-bond acceptors (Lipinski definition) is 4. The van der Waals surface area contributed by atoms with Crippen LogP contribution in [0.5, 0.6) is 0 Å². The summed E-state index contributed by atoms with van der Waals surface area (Å²) in [6.45, 7) is 3.94. The van der Waals surface area contributed by atoms with Gasteiger partial charge in [-0.25, -0.2) is 8.42 Å². The molecule has 108 valence electrons. The van der Waals surface area contributed by atoms with Crippen LogP contribution >= 0.6 is 22.9 Å². The molecular formula is C13H20ClNO2S2. The monoisotopic (exact) mass is 321 g/mol. The van der Waals surface area contributed by atoms with Crippen molar-refractivity contribution in [2.24, 2.45) is 0 Å². The Labute approximate surface area is 124 Å². The predicted octanol–water partition coefficient (Wildman–Crippen LogP) is 3.19. The van der Waals surface area contributed by atoms with Crippen LogP contribution in [0.3, 0.4) is 0 Å². The maximum Gasteiger partial charge on any atom is 0.151 e. The highest BCUT2D eigenvalue weighted by atomic mass is 35.5. The third-order valence-corrected chi connectivity index (χ3v) is 6.52. The summed E-state index contributed by atoms with van der Waals surface area (Å²) in [6, 6.07) is 2.16. The second-order valence-electron chi connectivity index (χ2n) is 5.11. The van der Waals surface area contributed by atoms with Gasteiger partial charge in [0.1, 0.15) is 0 Å². The number of unbranched alkanes of at least 4 members (excludes halogenated alkanes) is 1. The van der Waals surface area contributed by atoms with E-state index in [1.165, 1.54) is 4.88 Å². The molecule has 2 heterocycles. The molecule has 1 aliphatic heterocycles. The fourth-order valence-electron chi connectivity index (χ4n) is 2.45. The Kier molecular flexibility index (Phi) is 5.29. The molecule has 1 aliphatic rings. The molecule has 0 aromatic carbocycles. The third-order valence-electron chi connectivity index (χ3n) is 3.50. The summed E-state index contributed by atoms with van der Waals surface area (Å²) in [7, 11) is -2.82. The molecule has 1 aromatic rings. The van der Waals surface area contributed by atoms with Crippen LogP contribution in [0.25, 0.3) is 0 Å². The molecule has 0 aliphatic carbocycles. The van der Waals surface area contributed by atoms with Crippen molar-refractivity contribution in [1.29, 1.82) is 0 Å². The SMILES string of the molecule is CCCCN(Cc1cc(Cl)cs1)[C@H]1CCS(=O)(=O)C1. The molecule has 0 unspecified atom stereocenters. The minimum Gasteiger partial charge on any atom is -0.294 e. The van der Waals surface area contributed by atoms with Crippen LogP contribution in [0.1, 0.15) is 31.1 Å². The first-order valence-electron chi connectivity index (χ1n) is 6.67. The van der Waals surface area contributed by atoms with Gasteiger partial charge in [0.05, 0.1) is 16.5 Å². The summed E-state index contributed by atoms with van der Waals surface area (Å²) in [4.78, 5) is 3.53. The second kappa shape index (κ2) is 6.57. The topological polar surface area (TPSA) is 37.4 Å². The number of hydrogen-bond donors (Lipinski definition) is 0. The van der Waals surface area contributed by atoms with Crippen LogP contribution in [0, 0.1) is 0 Å². The van der Waals surface area contributed by atoms with Gasteiger partial charge in [-0.05, 0) is 25.5 Å². The first-order chi connectivity index (χ1) is 9.00. The molecule has 0 bridgehead atoms. The van der Waals surface area contributed by atoms with Gasteiger partial charge in [0.2, 0.25) is 0 Å². The van der Waals surface area contributed by atoms with E-state index in [1.54, 1.807) is 11.3 Å². The molecule has 1 fully saturated rings. The van der Waals surface area contributed by atoms with E-state index in [9.17, 15) is 8.42 Å². The van der Waals surface area contributed by atoms with Crippen LogP contribution in [0.15, 0.2) is 11.4 Å². The molecule has 2 rings (SSSR count). The molecule has 0 N–H and O–H groups in total. The van der Waals surface area contributed by atoms with Crippen LogP contribution in [-0.2, 0) is 16.4 Å². The second-order valence-corrected chi connectivity index (χ2v) is 8.77. The zero-order valence-corrected chi connectivity index (χ0v) is 13.5. The molecule has 1 saturated heterocycles. The zero-order valence-electron chi connectivity index (χ0n) is 11.1. The minimum absolute atomic E-state index is 0.178. The Morgan fingerprint density at radius 1 is 1.53 bits per heavy atom. The number of sulfone groups is 1. The minimum atomic E-state index is -2.82. The van der Waals surface area contributed by atoms with Gasteiger partial charge in [0.15, 0.2) is 9.84 Å². The van der Waals surface area contributed by atoms with Gasteiger partial charge < -0.3 is 0 Å². The van der Waals surface area contributed by atoms with Crippen molar-refractivity contribution < 1.29 is 8.42 Å². The van der Waals surface area contributed by atoms with Gasteiger partial charge >= 0.3 is 0 Å². The summed E-state index contributed by atoms with van der Waals surface area (Å²) in [5.74, 6) is 0.654. The average molecular weight is 322 g/mol. The standard InChI is InChI=1S/C13H20ClNO2S2/c1-2-3-5-15(8-13-7-11(14)9-18-13)12-4-6-19(16,17)10-12/h7,9,12H,2-6,8,10H2,1H3/t12-/m0/s1. The van der Waals surface area contributed by atoms with Crippen molar-refractivity contribution in [2.45, 2.75) is 38.8 Å². The summed E-state index contributed by atoms with van der Waals surface area (Å²) in [6.07, 6.45) is 3.00. The first-order valence-corrected chi connectivity index (χ1v) is 9.75. The predicted molar refractivity (Wildman–Crippen MR) is 81.7 cm³/mol. The Bertz CT molecular complexity index is 512. The Hall–Kier alpha value is -0.100. The van der Waals surface area contributed by atoms with Crippen molar-refractivity contribution in [2.75, 3.05) is 18.1 Å². The van der Waals surface area contributed by atoms with Crippen molar-refractivity contribution in [3.05, 3.63) is 21.3 Å². The number of nitrogens with zero attached hydrogens (tertiary/aromatic N) is 1. The quantitative estimate of drug-likeness (QED) is 0.807. The van der Waals surface area contributed by atoms with E-state index in [2.05, 4.69) is 11.8 Å². The smallest absolute Gasteiger partial charge is 0.151 e. The maximum absolute atomic E-state index is 11.6. The van der Waals surface area contributed by atoms with E-state index >= 15 is 0 Å². The molecule has 0 saturated carbocycles. The van der Waals surface area contributed by atoms with Gasteiger partial charge in [-0.2, -0.15) is 0 Å². The lowest BCUT2D eigenvalue weighted by atomic mass is 10.2. The van der Waals surface area contributed by atoms with Gasteiger partial charge in [0, 0.05) is 22.8 Å². The molecule has 0 spiro atoms. The fourth-order valence-corrected chi connectivity index (χ4v) is 5.31. The highest BCUT2D eigenvalue weighted by Gasteiger charge is 2.32. The molecule has 19 heavy (non-hydrogen) atoms. The largest absolute Gasteiger partial charge is 0.294 e. The summed E-state index contributed by atoms with van der Waals surface area (Å²) < 4.78 is 23.3. The average Bonchev–Trinajstić information content (AvgIpc) is 2.90. The van der Waals surface area contributed by atoms with Crippen molar-refractivity contribution >= 4 is 32.8 Å². The van der Waals surface area contributed by atoms with E-state index < -0.39 is 9.84 Å². The van der Waals surface area contributed by atoms with Gasteiger partial charge in [-0.3, -0.25) is 4.90 Å². The van der Waals surface area contributed by atoms with Gasteiger partial charge in [-0.1, -0.05) is 24.9 Å². The van der Waals surface area contributed by atoms with E-state index in [0.717, 1.165) is 37.4 Å². The lowest BCUT2D eigenvalue weighted by Gasteiger charge is -2.27. The van der Waals surface area contributed by atoms with Crippen LogP contribution in [0.4, 0.5) is 0 Å². The first kappa shape index (κ1) is 15.3. The third kappa shape index (κ3) is 4.45. The Balaban J connectivity index is 2.03. The summed E-state index contributed by atoms with van der Waals surface area (Å²) in [5, 5.41) is 2.70.